The fourth-order valence-electron chi connectivity index (χ4n) is 4.47. The quantitative estimate of drug-likeness (QED) is 0.572. The van der Waals surface area contributed by atoms with E-state index in [0.29, 0.717) is 5.54 Å². The maximum absolute atomic E-state index is 5.56. The molecule has 1 N–H and O–H groups in total. The third kappa shape index (κ3) is 6.82. The van der Waals surface area contributed by atoms with Crippen LogP contribution in [0.4, 0.5) is 0 Å². The number of rotatable bonds is 11. The Kier molecular flexibility index (Phi) is 8.67. The lowest BCUT2D eigenvalue weighted by Gasteiger charge is -2.43. The molecule has 4 nitrogen and oxygen atoms in total. The maximum Gasteiger partial charge on any atom is 0.0622 e. The lowest BCUT2D eigenvalue weighted by Crippen LogP contribution is -2.56. The highest BCUT2D eigenvalue weighted by molar-refractivity contribution is 4.97. The zero-order chi connectivity index (χ0) is 18.2. The molecule has 1 unspecified atom stereocenters. The van der Waals surface area contributed by atoms with Crippen LogP contribution in [-0.2, 0) is 9.47 Å². The molecule has 148 valence electrons. The molecule has 1 aliphatic heterocycles. The van der Waals surface area contributed by atoms with Crippen molar-refractivity contribution in [3.63, 3.8) is 0 Å². The number of ether oxygens (including phenoxy) is 2. The van der Waals surface area contributed by atoms with E-state index in [4.69, 9.17) is 9.47 Å². The van der Waals surface area contributed by atoms with Crippen LogP contribution in [0.2, 0.25) is 0 Å². The minimum Gasteiger partial charge on any atom is -0.379 e. The first-order chi connectivity index (χ1) is 12.0. The van der Waals surface area contributed by atoms with Gasteiger partial charge >= 0.3 is 0 Å². The predicted octanol–water partition coefficient (Wildman–Crippen LogP) is 3.84. The Morgan fingerprint density at radius 1 is 1.16 bits per heavy atom. The molecular formula is C21H42N2O2. The molecule has 2 rings (SSSR count). The molecule has 0 aromatic heterocycles. The highest BCUT2D eigenvalue weighted by Gasteiger charge is 2.39. The van der Waals surface area contributed by atoms with Crippen molar-refractivity contribution >= 4 is 0 Å². The summed E-state index contributed by atoms with van der Waals surface area (Å²) in [4.78, 5) is 2.72. The average molecular weight is 355 g/mol. The van der Waals surface area contributed by atoms with Gasteiger partial charge in [0.25, 0.3) is 0 Å². The average Bonchev–Trinajstić information content (AvgIpc) is 3.09. The summed E-state index contributed by atoms with van der Waals surface area (Å²) in [7, 11) is 1.82. The van der Waals surface area contributed by atoms with Gasteiger partial charge in [0.2, 0.25) is 0 Å². The minimum absolute atomic E-state index is 0.0327. The number of nitrogens with zero attached hydrogens (tertiary/aromatic N) is 1. The fraction of sp³-hybridized carbons (Fsp3) is 1.00. The van der Waals surface area contributed by atoms with E-state index >= 15 is 0 Å². The molecule has 0 aromatic carbocycles. The van der Waals surface area contributed by atoms with Gasteiger partial charge in [-0.1, -0.05) is 32.6 Å². The second-order valence-electron chi connectivity index (χ2n) is 8.96. The van der Waals surface area contributed by atoms with Crippen molar-refractivity contribution in [2.75, 3.05) is 46.5 Å². The monoisotopic (exact) mass is 354 g/mol. The third-order valence-electron chi connectivity index (χ3n) is 6.51. The van der Waals surface area contributed by atoms with E-state index in [2.05, 4.69) is 31.0 Å². The second-order valence-corrected chi connectivity index (χ2v) is 8.96. The van der Waals surface area contributed by atoms with Gasteiger partial charge in [0.15, 0.2) is 0 Å². The standard InChI is InChI=1S/C21H42N2O2/c1-19(8-7-10-20(2,3)24-4)9-13-22-18-21(11-5-6-12-21)23-14-16-25-17-15-23/h19,22H,5-18H2,1-4H3. The third-order valence-corrected chi connectivity index (χ3v) is 6.51. The SMILES string of the molecule is COC(C)(C)CCCC(C)CCNCC1(N2CCOCC2)CCCC1. The number of morpholine rings is 1. The van der Waals surface area contributed by atoms with Crippen LogP contribution in [0.15, 0.2) is 0 Å². The van der Waals surface area contributed by atoms with Gasteiger partial charge in [-0.15, -0.1) is 0 Å². The topological polar surface area (TPSA) is 33.7 Å². The molecular weight excluding hydrogens is 312 g/mol. The Morgan fingerprint density at radius 2 is 1.84 bits per heavy atom. The van der Waals surface area contributed by atoms with Crippen molar-refractivity contribution in [2.24, 2.45) is 5.92 Å². The summed E-state index contributed by atoms with van der Waals surface area (Å²) in [5, 5.41) is 3.81. The van der Waals surface area contributed by atoms with E-state index < -0.39 is 0 Å². The van der Waals surface area contributed by atoms with E-state index in [1.54, 1.807) is 0 Å². The summed E-state index contributed by atoms with van der Waals surface area (Å²) in [6, 6.07) is 0. The molecule has 1 heterocycles. The van der Waals surface area contributed by atoms with Crippen LogP contribution in [0.3, 0.4) is 0 Å². The first kappa shape index (κ1) is 21.1. The smallest absolute Gasteiger partial charge is 0.0622 e. The van der Waals surface area contributed by atoms with Crippen LogP contribution < -0.4 is 5.32 Å². The Bertz CT molecular complexity index is 361. The lowest BCUT2D eigenvalue weighted by atomic mass is 9.93. The zero-order valence-electron chi connectivity index (χ0n) is 17.2. The van der Waals surface area contributed by atoms with Crippen LogP contribution in [0, 0.1) is 5.92 Å². The molecule has 25 heavy (non-hydrogen) atoms. The highest BCUT2D eigenvalue weighted by atomic mass is 16.5. The van der Waals surface area contributed by atoms with E-state index in [1.807, 2.05) is 7.11 Å². The summed E-state index contributed by atoms with van der Waals surface area (Å²) in [5.41, 5.74) is 0.445. The van der Waals surface area contributed by atoms with E-state index in [9.17, 15) is 0 Å². The molecule has 1 saturated carbocycles. The van der Waals surface area contributed by atoms with Gasteiger partial charge in [-0.2, -0.15) is 0 Å². The maximum atomic E-state index is 5.56. The Morgan fingerprint density at radius 3 is 2.48 bits per heavy atom. The molecule has 0 amide bonds. The lowest BCUT2D eigenvalue weighted by molar-refractivity contribution is -0.0204. The molecule has 1 saturated heterocycles. The molecule has 0 bridgehead atoms. The van der Waals surface area contributed by atoms with E-state index in [0.717, 1.165) is 51.7 Å². The highest BCUT2D eigenvalue weighted by Crippen LogP contribution is 2.35. The number of nitrogens with one attached hydrogen (secondary N) is 1. The van der Waals surface area contributed by atoms with E-state index in [-0.39, 0.29) is 5.60 Å². The van der Waals surface area contributed by atoms with Gasteiger partial charge in [0.1, 0.15) is 0 Å². The summed E-state index contributed by atoms with van der Waals surface area (Å²) < 4.78 is 11.1. The van der Waals surface area contributed by atoms with Gasteiger partial charge in [0.05, 0.1) is 18.8 Å². The Hall–Kier alpha value is -0.160. The van der Waals surface area contributed by atoms with Gasteiger partial charge < -0.3 is 14.8 Å². The summed E-state index contributed by atoms with van der Waals surface area (Å²) in [5.74, 6) is 0.795. The van der Waals surface area contributed by atoms with Crippen molar-refractivity contribution in [1.82, 2.24) is 10.2 Å². The number of hydrogen-bond acceptors (Lipinski definition) is 4. The van der Waals surface area contributed by atoms with Crippen molar-refractivity contribution < 1.29 is 9.47 Å². The molecule has 1 atom stereocenters. The number of methoxy groups -OCH3 is 1. The van der Waals surface area contributed by atoms with Crippen molar-refractivity contribution in [2.45, 2.75) is 83.3 Å². The van der Waals surface area contributed by atoms with Crippen molar-refractivity contribution in [3.8, 4) is 0 Å². The first-order valence-corrected chi connectivity index (χ1v) is 10.6. The van der Waals surface area contributed by atoms with Crippen LogP contribution >= 0.6 is 0 Å². The molecule has 0 spiro atoms. The summed E-state index contributed by atoms with van der Waals surface area (Å²) in [6.45, 7) is 13.2. The summed E-state index contributed by atoms with van der Waals surface area (Å²) in [6.07, 6.45) is 10.5. The molecule has 0 radical (unpaired) electrons. The minimum atomic E-state index is 0.0327. The van der Waals surface area contributed by atoms with Crippen LogP contribution in [0.5, 0.6) is 0 Å². The fourth-order valence-corrected chi connectivity index (χ4v) is 4.47. The second kappa shape index (κ2) is 10.2. The number of hydrogen-bond donors (Lipinski definition) is 1. The Labute approximate surface area is 156 Å². The van der Waals surface area contributed by atoms with Crippen LogP contribution in [0.1, 0.15) is 72.1 Å². The van der Waals surface area contributed by atoms with Crippen molar-refractivity contribution in [3.05, 3.63) is 0 Å². The van der Waals surface area contributed by atoms with Crippen LogP contribution in [0.25, 0.3) is 0 Å². The summed E-state index contributed by atoms with van der Waals surface area (Å²) >= 11 is 0. The molecule has 4 heteroatoms. The molecule has 1 aliphatic carbocycles. The van der Waals surface area contributed by atoms with E-state index in [1.165, 1.54) is 44.9 Å². The zero-order valence-corrected chi connectivity index (χ0v) is 17.2. The predicted molar refractivity (Wildman–Crippen MR) is 105 cm³/mol. The van der Waals surface area contributed by atoms with Crippen LogP contribution in [-0.4, -0.2) is 62.5 Å². The van der Waals surface area contributed by atoms with Crippen molar-refractivity contribution in [1.29, 1.82) is 0 Å². The molecule has 2 fully saturated rings. The van der Waals surface area contributed by atoms with Gasteiger partial charge in [-0.25, -0.2) is 0 Å². The van der Waals surface area contributed by atoms with Gasteiger partial charge in [0, 0.05) is 32.3 Å². The normalized spacial score (nSPS) is 23.0. The first-order valence-electron chi connectivity index (χ1n) is 10.6. The molecule has 0 aromatic rings. The van der Waals surface area contributed by atoms with Gasteiger partial charge in [-0.05, 0) is 52.0 Å². The molecule has 2 aliphatic rings. The largest absolute Gasteiger partial charge is 0.379 e. The Balaban J connectivity index is 1.63. The van der Waals surface area contributed by atoms with Gasteiger partial charge in [-0.3, -0.25) is 4.90 Å².